The summed E-state index contributed by atoms with van der Waals surface area (Å²) >= 11 is 0. The lowest BCUT2D eigenvalue weighted by atomic mass is 9.96. The molecule has 1 atom stereocenters. The maximum atomic E-state index is 11.9. The highest BCUT2D eigenvalue weighted by Crippen LogP contribution is 2.22. The van der Waals surface area contributed by atoms with Crippen molar-refractivity contribution >= 4 is 5.91 Å². The Kier molecular flexibility index (Phi) is 6.05. The zero-order valence-electron chi connectivity index (χ0n) is 12.4. The number of carbonyl (C=O) groups excluding carboxylic acids is 1. The van der Waals surface area contributed by atoms with Crippen LogP contribution in [0.25, 0.3) is 0 Å². The largest absolute Gasteiger partial charge is 0.354 e. The molecule has 20 heavy (non-hydrogen) atoms. The summed E-state index contributed by atoms with van der Waals surface area (Å²) in [5, 5.41) is 10.7. The van der Waals surface area contributed by atoms with E-state index in [1.165, 1.54) is 31.4 Å². The van der Waals surface area contributed by atoms with Crippen LogP contribution in [0.1, 0.15) is 50.6 Å². The predicted molar refractivity (Wildman–Crippen MR) is 79.6 cm³/mol. The SMILES string of the molecule is CCCCCNC(=O)Cn1nccc1C1CCCNC1. The van der Waals surface area contributed by atoms with Gasteiger partial charge >= 0.3 is 0 Å². The Morgan fingerprint density at radius 3 is 3.20 bits per heavy atom. The van der Waals surface area contributed by atoms with Crippen LogP contribution >= 0.6 is 0 Å². The molecular formula is C15H26N4O. The molecule has 2 N–H and O–H groups in total. The number of piperidine rings is 1. The lowest BCUT2D eigenvalue weighted by Crippen LogP contribution is -2.32. The Bertz CT molecular complexity index is 410. The monoisotopic (exact) mass is 278 g/mol. The van der Waals surface area contributed by atoms with Crippen LogP contribution in [0.2, 0.25) is 0 Å². The predicted octanol–water partition coefficient (Wildman–Crippen LogP) is 1.66. The Balaban J connectivity index is 1.83. The molecule has 1 saturated heterocycles. The molecule has 0 bridgehead atoms. The summed E-state index contributed by atoms with van der Waals surface area (Å²) in [7, 11) is 0. The van der Waals surface area contributed by atoms with E-state index in [1.54, 1.807) is 6.20 Å². The summed E-state index contributed by atoms with van der Waals surface area (Å²) in [5.41, 5.74) is 1.18. The third-order valence-electron chi connectivity index (χ3n) is 3.86. The first-order valence-electron chi connectivity index (χ1n) is 7.80. The van der Waals surface area contributed by atoms with Gasteiger partial charge in [-0.1, -0.05) is 19.8 Å². The molecule has 1 aliphatic heterocycles. The number of hydrogen-bond acceptors (Lipinski definition) is 3. The first-order chi connectivity index (χ1) is 9.81. The van der Waals surface area contributed by atoms with Crippen LogP contribution in [-0.2, 0) is 11.3 Å². The lowest BCUT2D eigenvalue weighted by Gasteiger charge is -2.23. The first-order valence-corrected chi connectivity index (χ1v) is 7.80. The van der Waals surface area contributed by atoms with Gasteiger partial charge in [-0.3, -0.25) is 9.48 Å². The van der Waals surface area contributed by atoms with E-state index in [0.717, 1.165) is 26.1 Å². The molecule has 0 aliphatic carbocycles. The minimum atomic E-state index is 0.0646. The molecule has 1 unspecified atom stereocenters. The van der Waals surface area contributed by atoms with E-state index >= 15 is 0 Å². The van der Waals surface area contributed by atoms with E-state index in [4.69, 9.17) is 0 Å². The number of nitrogens with one attached hydrogen (secondary N) is 2. The molecule has 2 heterocycles. The van der Waals surface area contributed by atoms with Gasteiger partial charge in [0.2, 0.25) is 5.91 Å². The van der Waals surface area contributed by atoms with Crippen molar-refractivity contribution in [1.82, 2.24) is 20.4 Å². The Morgan fingerprint density at radius 1 is 1.55 bits per heavy atom. The molecule has 1 aliphatic rings. The highest BCUT2D eigenvalue weighted by molar-refractivity contribution is 5.75. The molecule has 1 fully saturated rings. The molecule has 0 spiro atoms. The number of amides is 1. The molecule has 0 saturated carbocycles. The average molecular weight is 278 g/mol. The lowest BCUT2D eigenvalue weighted by molar-refractivity contribution is -0.121. The van der Waals surface area contributed by atoms with Gasteiger partial charge in [-0.15, -0.1) is 0 Å². The Morgan fingerprint density at radius 2 is 2.45 bits per heavy atom. The quantitative estimate of drug-likeness (QED) is 0.746. The molecule has 0 radical (unpaired) electrons. The molecule has 5 heteroatoms. The van der Waals surface area contributed by atoms with Crippen molar-refractivity contribution in [1.29, 1.82) is 0 Å². The third kappa shape index (κ3) is 4.34. The smallest absolute Gasteiger partial charge is 0.241 e. The number of carbonyl (C=O) groups is 1. The first kappa shape index (κ1) is 15.0. The highest BCUT2D eigenvalue weighted by atomic mass is 16.2. The fourth-order valence-electron chi connectivity index (χ4n) is 2.72. The third-order valence-corrected chi connectivity index (χ3v) is 3.86. The van der Waals surface area contributed by atoms with Gasteiger partial charge < -0.3 is 10.6 Å². The van der Waals surface area contributed by atoms with Crippen molar-refractivity contribution in [2.75, 3.05) is 19.6 Å². The molecule has 112 valence electrons. The fourth-order valence-corrected chi connectivity index (χ4v) is 2.72. The van der Waals surface area contributed by atoms with Crippen LogP contribution in [-0.4, -0.2) is 35.3 Å². The van der Waals surface area contributed by atoms with E-state index in [9.17, 15) is 4.79 Å². The van der Waals surface area contributed by atoms with Crippen molar-refractivity contribution in [2.45, 2.75) is 51.5 Å². The van der Waals surface area contributed by atoms with E-state index in [0.29, 0.717) is 12.5 Å². The van der Waals surface area contributed by atoms with Crippen LogP contribution in [0.15, 0.2) is 12.3 Å². The van der Waals surface area contributed by atoms with Gasteiger partial charge in [0, 0.05) is 30.9 Å². The van der Waals surface area contributed by atoms with Crippen LogP contribution < -0.4 is 10.6 Å². The number of nitrogens with zero attached hydrogens (tertiary/aromatic N) is 2. The van der Waals surface area contributed by atoms with E-state index < -0.39 is 0 Å². The average Bonchev–Trinajstić information content (AvgIpc) is 2.92. The summed E-state index contributed by atoms with van der Waals surface area (Å²) < 4.78 is 1.85. The number of rotatable bonds is 7. The maximum absolute atomic E-state index is 11.9. The van der Waals surface area contributed by atoms with Gasteiger partial charge in [0.1, 0.15) is 6.54 Å². The zero-order valence-corrected chi connectivity index (χ0v) is 12.4. The van der Waals surface area contributed by atoms with Crippen molar-refractivity contribution in [3.05, 3.63) is 18.0 Å². The highest BCUT2D eigenvalue weighted by Gasteiger charge is 2.19. The molecule has 0 aromatic carbocycles. The van der Waals surface area contributed by atoms with Crippen LogP contribution in [0, 0.1) is 0 Å². The maximum Gasteiger partial charge on any atom is 0.241 e. The summed E-state index contributed by atoms with van der Waals surface area (Å²) in [6, 6.07) is 2.04. The van der Waals surface area contributed by atoms with E-state index in [2.05, 4.69) is 22.7 Å². The summed E-state index contributed by atoms with van der Waals surface area (Å²) in [4.78, 5) is 11.9. The molecule has 1 aromatic rings. The van der Waals surface area contributed by atoms with Crippen molar-refractivity contribution in [3.8, 4) is 0 Å². The fraction of sp³-hybridized carbons (Fsp3) is 0.733. The van der Waals surface area contributed by atoms with Gasteiger partial charge in [0.05, 0.1) is 0 Å². The molecule has 1 aromatic heterocycles. The molecule has 2 rings (SSSR count). The van der Waals surface area contributed by atoms with E-state index in [1.807, 2.05) is 10.7 Å². The van der Waals surface area contributed by atoms with Gasteiger partial charge in [-0.05, 0) is 31.9 Å². The van der Waals surface area contributed by atoms with E-state index in [-0.39, 0.29) is 5.91 Å². The topological polar surface area (TPSA) is 59.0 Å². The van der Waals surface area contributed by atoms with Gasteiger partial charge in [0.25, 0.3) is 0 Å². The number of unbranched alkanes of at least 4 members (excludes halogenated alkanes) is 2. The summed E-state index contributed by atoms with van der Waals surface area (Å²) in [5.74, 6) is 0.550. The van der Waals surface area contributed by atoms with Crippen LogP contribution in [0.5, 0.6) is 0 Å². The van der Waals surface area contributed by atoms with Gasteiger partial charge in [-0.2, -0.15) is 5.10 Å². The number of hydrogen-bond donors (Lipinski definition) is 2. The van der Waals surface area contributed by atoms with Crippen LogP contribution in [0.4, 0.5) is 0 Å². The minimum Gasteiger partial charge on any atom is -0.354 e. The van der Waals surface area contributed by atoms with Crippen molar-refractivity contribution in [3.63, 3.8) is 0 Å². The molecule has 5 nitrogen and oxygen atoms in total. The second-order valence-electron chi connectivity index (χ2n) is 5.51. The second kappa shape index (κ2) is 8.04. The van der Waals surface area contributed by atoms with Crippen molar-refractivity contribution in [2.24, 2.45) is 0 Å². The summed E-state index contributed by atoms with van der Waals surface area (Å²) in [6.07, 6.45) is 7.57. The Hall–Kier alpha value is -1.36. The normalized spacial score (nSPS) is 18.9. The molecular weight excluding hydrogens is 252 g/mol. The number of aromatic nitrogens is 2. The molecule has 1 amide bonds. The standard InChI is InChI=1S/C15H26N4O/c1-2-3-4-9-17-15(20)12-19-14(7-10-18-19)13-6-5-8-16-11-13/h7,10,13,16H,2-6,8-9,11-12H2,1H3,(H,17,20). The summed E-state index contributed by atoms with van der Waals surface area (Å²) in [6.45, 7) is 5.36. The van der Waals surface area contributed by atoms with Crippen LogP contribution in [0.3, 0.4) is 0 Å². The minimum absolute atomic E-state index is 0.0646. The van der Waals surface area contributed by atoms with Crippen molar-refractivity contribution < 1.29 is 4.79 Å². The zero-order chi connectivity index (χ0) is 14.2. The second-order valence-corrected chi connectivity index (χ2v) is 5.51. The van der Waals surface area contributed by atoms with Gasteiger partial charge in [-0.25, -0.2) is 0 Å². The van der Waals surface area contributed by atoms with Gasteiger partial charge in [0.15, 0.2) is 0 Å². The Labute approximate surface area is 121 Å².